The second-order valence-corrected chi connectivity index (χ2v) is 4.38. The zero-order valence-electron chi connectivity index (χ0n) is 10.5. The van der Waals surface area contributed by atoms with E-state index in [0.717, 1.165) is 6.42 Å². The summed E-state index contributed by atoms with van der Waals surface area (Å²) in [4.78, 5) is 11.2. The minimum Gasteiger partial charge on any atom is -0.497 e. The maximum atomic E-state index is 11.2. The van der Waals surface area contributed by atoms with Crippen LogP contribution in [-0.2, 0) is 9.53 Å². The molecule has 0 bridgehead atoms. The molecule has 0 radical (unpaired) electrons. The van der Waals surface area contributed by atoms with Crippen molar-refractivity contribution in [3.05, 3.63) is 18.2 Å². The first-order valence-corrected chi connectivity index (χ1v) is 5.79. The first kappa shape index (κ1) is 12.5. The molecule has 1 aliphatic carbocycles. The van der Waals surface area contributed by atoms with Crippen LogP contribution in [0.15, 0.2) is 18.2 Å². The summed E-state index contributed by atoms with van der Waals surface area (Å²) in [5.74, 6) is 1.38. The van der Waals surface area contributed by atoms with Crippen LogP contribution in [0.25, 0.3) is 0 Å². The van der Waals surface area contributed by atoms with Crippen molar-refractivity contribution in [3.8, 4) is 11.5 Å². The Morgan fingerprint density at radius 3 is 2.72 bits per heavy atom. The highest BCUT2D eigenvalue weighted by Gasteiger charge is 2.44. The molecule has 98 valence electrons. The molecule has 1 saturated carbocycles. The number of methoxy groups -OCH3 is 2. The molecule has 1 aromatic carbocycles. The zero-order valence-corrected chi connectivity index (χ0v) is 10.5. The molecule has 0 aliphatic heterocycles. The Labute approximate surface area is 106 Å². The van der Waals surface area contributed by atoms with Crippen molar-refractivity contribution in [2.24, 2.45) is 11.8 Å². The highest BCUT2D eigenvalue weighted by Crippen LogP contribution is 2.39. The summed E-state index contributed by atoms with van der Waals surface area (Å²) in [6.45, 7) is 0.492. The van der Waals surface area contributed by atoms with Crippen molar-refractivity contribution in [2.45, 2.75) is 6.42 Å². The second-order valence-electron chi connectivity index (χ2n) is 4.38. The summed E-state index contributed by atoms with van der Waals surface area (Å²) in [5, 5.41) is 0. The van der Waals surface area contributed by atoms with Crippen molar-refractivity contribution >= 4 is 11.7 Å². The first-order chi connectivity index (χ1) is 8.63. The minimum absolute atomic E-state index is 0.0158. The normalized spacial score (nSPS) is 21.2. The second kappa shape index (κ2) is 5.16. The third kappa shape index (κ3) is 2.85. The molecule has 2 atom stereocenters. The van der Waals surface area contributed by atoms with Crippen LogP contribution in [0.3, 0.4) is 0 Å². The van der Waals surface area contributed by atoms with Crippen LogP contribution in [-0.4, -0.2) is 26.8 Å². The molecule has 5 heteroatoms. The Bertz CT molecular complexity index is 447. The molecule has 1 aromatic rings. The molecule has 1 fully saturated rings. The van der Waals surface area contributed by atoms with Gasteiger partial charge in [0.1, 0.15) is 11.5 Å². The van der Waals surface area contributed by atoms with Crippen molar-refractivity contribution in [3.63, 3.8) is 0 Å². The van der Waals surface area contributed by atoms with Crippen LogP contribution in [0.1, 0.15) is 6.42 Å². The number of nitrogen functional groups attached to an aromatic ring is 1. The standard InChI is InChI=1S/C13H17NO4/c1-16-10-4-9(14)5-11(6-10)18-7-8-3-12(8)13(15)17-2/h4-6,8,12H,3,7,14H2,1-2H3/t8-,12+/m0/s1. The molecule has 0 unspecified atom stereocenters. The van der Waals surface area contributed by atoms with Crippen LogP contribution in [0.5, 0.6) is 11.5 Å². The summed E-state index contributed by atoms with van der Waals surface area (Å²) in [6.07, 6.45) is 0.826. The van der Waals surface area contributed by atoms with E-state index in [1.807, 2.05) is 0 Å². The summed E-state index contributed by atoms with van der Waals surface area (Å²) in [5.41, 5.74) is 6.31. The Morgan fingerprint density at radius 2 is 2.06 bits per heavy atom. The van der Waals surface area contributed by atoms with Crippen LogP contribution < -0.4 is 15.2 Å². The zero-order chi connectivity index (χ0) is 13.1. The monoisotopic (exact) mass is 251 g/mol. The van der Waals surface area contributed by atoms with E-state index in [4.69, 9.17) is 15.2 Å². The fourth-order valence-electron chi connectivity index (χ4n) is 1.87. The first-order valence-electron chi connectivity index (χ1n) is 5.79. The van der Waals surface area contributed by atoms with Crippen LogP contribution in [0.2, 0.25) is 0 Å². The predicted molar refractivity (Wildman–Crippen MR) is 66.5 cm³/mol. The molecule has 0 heterocycles. The van der Waals surface area contributed by atoms with E-state index in [1.165, 1.54) is 7.11 Å². The lowest BCUT2D eigenvalue weighted by molar-refractivity contribution is -0.142. The molecular formula is C13H17NO4. The van der Waals surface area contributed by atoms with Gasteiger partial charge in [-0.15, -0.1) is 0 Å². The summed E-state index contributed by atoms with van der Waals surface area (Å²) in [7, 11) is 2.98. The number of anilines is 1. The Morgan fingerprint density at radius 1 is 1.33 bits per heavy atom. The number of esters is 1. The third-order valence-corrected chi connectivity index (χ3v) is 3.03. The van der Waals surface area contributed by atoms with Gasteiger partial charge in [-0.25, -0.2) is 0 Å². The quantitative estimate of drug-likeness (QED) is 0.633. The maximum Gasteiger partial charge on any atom is 0.309 e. The van der Waals surface area contributed by atoms with E-state index in [1.54, 1.807) is 25.3 Å². The lowest BCUT2D eigenvalue weighted by Gasteiger charge is -2.08. The van der Waals surface area contributed by atoms with Gasteiger partial charge in [-0.05, 0) is 6.42 Å². The van der Waals surface area contributed by atoms with Gasteiger partial charge in [0.2, 0.25) is 0 Å². The van der Waals surface area contributed by atoms with E-state index >= 15 is 0 Å². The smallest absolute Gasteiger partial charge is 0.309 e. The number of hydrogen-bond donors (Lipinski definition) is 1. The van der Waals surface area contributed by atoms with E-state index in [-0.39, 0.29) is 17.8 Å². The van der Waals surface area contributed by atoms with E-state index in [9.17, 15) is 4.79 Å². The average Bonchev–Trinajstić information content (AvgIpc) is 3.14. The highest BCUT2D eigenvalue weighted by molar-refractivity contribution is 5.75. The number of carbonyl (C=O) groups excluding carboxylic acids is 1. The number of carbonyl (C=O) groups is 1. The van der Waals surface area contributed by atoms with Gasteiger partial charge in [0.25, 0.3) is 0 Å². The van der Waals surface area contributed by atoms with Gasteiger partial charge < -0.3 is 19.9 Å². The summed E-state index contributed by atoms with van der Waals surface area (Å²) in [6, 6.07) is 5.23. The molecule has 0 aromatic heterocycles. The molecule has 18 heavy (non-hydrogen) atoms. The SMILES string of the molecule is COC(=O)[C@@H]1C[C@H]1COc1cc(N)cc(OC)c1. The van der Waals surface area contributed by atoms with Crippen molar-refractivity contribution in [1.29, 1.82) is 0 Å². The van der Waals surface area contributed by atoms with Crippen molar-refractivity contribution in [2.75, 3.05) is 26.6 Å². The van der Waals surface area contributed by atoms with Crippen LogP contribution in [0.4, 0.5) is 5.69 Å². The molecule has 0 saturated heterocycles. The molecular weight excluding hydrogens is 234 g/mol. The van der Waals surface area contributed by atoms with Crippen molar-refractivity contribution in [1.82, 2.24) is 0 Å². The molecule has 2 rings (SSSR count). The fourth-order valence-corrected chi connectivity index (χ4v) is 1.87. The average molecular weight is 251 g/mol. The molecule has 2 N–H and O–H groups in total. The molecule has 0 amide bonds. The molecule has 5 nitrogen and oxygen atoms in total. The van der Waals surface area contributed by atoms with Gasteiger partial charge in [0.15, 0.2) is 0 Å². The van der Waals surface area contributed by atoms with Gasteiger partial charge in [-0.3, -0.25) is 4.79 Å². The molecule has 0 spiro atoms. The van der Waals surface area contributed by atoms with E-state index < -0.39 is 0 Å². The van der Waals surface area contributed by atoms with Gasteiger partial charge in [0.05, 0.1) is 26.7 Å². The number of rotatable bonds is 5. The lowest BCUT2D eigenvalue weighted by atomic mass is 10.3. The van der Waals surface area contributed by atoms with Gasteiger partial charge in [0, 0.05) is 29.8 Å². The number of ether oxygens (including phenoxy) is 3. The highest BCUT2D eigenvalue weighted by atomic mass is 16.5. The van der Waals surface area contributed by atoms with Gasteiger partial charge in [-0.1, -0.05) is 0 Å². The number of benzene rings is 1. The maximum absolute atomic E-state index is 11.2. The van der Waals surface area contributed by atoms with Crippen LogP contribution >= 0.6 is 0 Å². The number of nitrogens with two attached hydrogens (primary N) is 1. The summed E-state index contributed by atoms with van der Waals surface area (Å²) >= 11 is 0. The van der Waals surface area contributed by atoms with Gasteiger partial charge in [-0.2, -0.15) is 0 Å². The number of hydrogen-bond acceptors (Lipinski definition) is 5. The van der Waals surface area contributed by atoms with Gasteiger partial charge >= 0.3 is 5.97 Å². The van der Waals surface area contributed by atoms with E-state index in [2.05, 4.69) is 4.74 Å². The Kier molecular flexibility index (Phi) is 3.60. The van der Waals surface area contributed by atoms with E-state index in [0.29, 0.717) is 23.8 Å². The fraction of sp³-hybridized carbons (Fsp3) is 0.462. The topological polar surface area (TPSA) is 70.8 Å². The van der Waals surface area contributed by atoms with Crippen LogP contribution in [0, 0.1) is 11.8 Å². The summed E-state index contributed by atoms with van der Waals surface area (Å²) < 4.78 is 15.4. The Balaban J connectivity index is 1.88. The Hall–Kier alpha value is -1.91. The molecule has 1 aliphatic rings. The van der Waals surface area contributed by atoms with Crippen molar-refractivity contribution < 1.29 is 19.0 Å². The largest absolute Gasteiger partial charge is 0.497 e. The minimum atomic E-state index is -0.159. The lowest BCUT2D eigenvalue weighted by Crippen LogP contribution is -2.08. The third-order valence-electron chi connectivity index (χ3n) is 3.03. The predicted octanol–water partition coefficient (Wildman–Crippen LogP) is 1.47.